The molecule has 4 nitrogen and oxygen atoms in total. The van der Waals surface area contributed by atoms with Crippen LogP contribution in [0, 0.1) is 23.7 Å². The topological polar surface area (TPSA) is 52.6 Å². The summed E-state index contributed by atoms with van der Waals surface area (Å²) in [6, 6.07) is 0. The third-order valence-corrected chi connectivity index (χ3v) is 10.0. The van der Waals surface area contributed by atoms with Crippen LogP contribution < -0.4 is 21.2 Å². The molecule has 3 fully saturated rings. The van der Waals surface area contributed by atoms with Crippen LogP contribution in [-0.4, -0.2) is 33.0 Å². The molecule has 3 aliphatic rings. The molecule has 3 rings (SSSR count). The molecular formula is C19H26IO4-. The molecule has 0 radical (unpaired) electrons. The number of esters is 2. The molecular weight excluding hydrogens is 419 g/mol. The van der Waals surface area contributed by atoms with Gasteiger partial charge < -0.3 is 0 Å². The van der Waals surface area contributed by atoms with Crippen molar-refractivity contribution in [3.63, 3.8) is 0 Å². The van der Waals surface area contributed by atoms with Crippen LogP contribution >= 0.6 is 0 Å². The van der Waals surface area contributed by atoms with Crippen LogP contribution in [0.15, 0.2) is 25.3 Å². The number of rotatable bonds is 7. The Kier molecular flexibility index (Phi) is 6.00. The molecule has 0 spiro atoms. The minimum absolute atomic E-state index is 0.0970. The van der Waals surface area contributed by atoms with Crippen LogP contribution in [0.2, 0.25) is 0 Å². The van der Waals surface area contributed by atoms with Gasteiger partial charge in [-0.15, -0.1) is 0 Å². The van der Waals surface area contributed by atoms with Gasteiger partial charge in [0, 0.05) is 0 Å². The zero-order chi connectivity index (χ0) is 17.1. The third kappa shape index (κ3) is 4.03. The summed E-state index contributed by atoms with van der Waals surface area (Å²) in [5, 5.41) is 0. The summed E-state index contributed by atoms with van der Waals surface area (Å²) < 4.78 is 12.0. The fourth-order valence-electron chi connectivity index (χ4n) is 4.79. The molecule has 5 heteroatoms. The number of hydrogen-bond donors (Lipinski definition) is 0. The first kappa shape index (κ1) is 18.0. The van der Waals surface area contributed by atoms with E-state index in [1.807, 2.05) is 0 Å². The van der Waals surface area contributed by atoms with Crippen LogP contribution in [0.25, 0.3) is 0 Å². The number of carbonyl (C=O) groups is 2. The van der Waals surface area contributed by atoms with Gasteiger partial charge in [0.15, 0.2) is 0 Å². The van der Waals surface area contributed by atoms with Crippen LogP contribution in [-0.2, 0) is 19.1 Å². The Hall–Kier alpha value is -0.850. The van der Waals surface area contributed by atoms with E-state index in [2.05, 4.69) is 13.2 Å². The number of halogens is 1. The number of fused-ring (bicyclic) bond motifs is 5. The van der Waals surface area contributed by atoms with Crippen molar-refractivity contribution in [3.8, 4) is 0 Å². The second-order valence-corrected chi connectivity index (χ2v) is 11.2. The molecule has 0 aromatic rings. The molecule has 2 bridgehead atoms. The van der Waals surface area contributed by atoms with E-state index in [-0.39, 0.29) is 33.1 Å². The van der Waals surface area contributed by atoms with Crippen LogP contribution in [0.1, 0.15) is 32.1 Å². The minimum atomic E-state index is -0.312. The number of alkyl halides is 2. The molecule has 2 saturated carbocycles. The van der Waals surface area contributed by atoms with E-state index < -0.39 is 0 Å². The molecule has 6 unspecified atom stereocenters. The van der Waals surface area contributed by atoms with E-state index in [1.54, 1.807) is 0 Å². The number of carbonyl (C=O) groups excluding carboxylic acids is 2. The van der Waals surface area contributed by atoms with Crippen molar-refractivity contribution in [2.75, 3.05) is 13.2 Å². The number of ether oxygens (including phenoxy) is 2. The fraction of sp³-hybridized carbons (Fsp3) is 0.684. The molecule has 1 saturated heterocycles. The van der Waals surface area contributed by atoms with Crippen LogP contribution in [0.4, 0.5) is 0 Å². The Labute approximate surface area is 154 Å². The molecule has 0 aromatic heterocycles. The average Bonchev–Trinajstić information content (AvgIpc) is 3.11. The first-order valence-corrected chi connectivity index (χ1v) is 11.3. The quantitative estimate of drug-likeness (QED) is 0.234. The van der Waals surface area contributed by atoms with Gasteiger partial charge in [-0.1, -0.05) is 0 Å². The third-order valence-electron chi connectivity index (χ3n) is 5.77. The van der Waals surface area contributed by atoms with Gasteiger partial charge in [0.25, 0.3) is 0 Å². The summed E-state index contributed by atoms with van der Waals surface area (Å²) in [4.78, 5) is 22.4. The van der Waals surface area contributed by atoms with E-state index in [0.29, 0.717) is 23.1 Å². The summed E-state index contributed by atoms with van der Waals surface area (Å²) in [5.74, 6) is 2.67. The van der Waals surface area contributed by atoms with Gasteiger partial charge >= 0.3 is 154 Å². The summed E-state index contributed by atoms with van der Waals surface area (Å²) in [6.45, 7) is 8.02. The summed E-state index contributed by atoms with van der Waals surface area (Å²) in [7, 11) is 0. The predicted octanol–water partition coefficient (Wildman–Crippen LogP) is -0.273. The van der Waals surface area contributed by atoms with Gasteiger partial charge in [0.05, 0.1) is 0 Å². The molecule has 1 aliphatic heterocycles. The Balaban J connectivity index is 1.46. The predicted molar refractivity (Wildman–Crippen MR) is 86.9 cm³/mol. The van der Waals surface area contributed by atoms with Gasteiger partial charge in [0.2, 0.25) is 0 Å². The Morgan fingerprint density at radius 3 is 2.46 bits per heavy atom. The molecule has 24 heavy (non-hydrogen) atoms. The summed E-state index contributed by atoms with van der Waals surface area (Å²) >= 11 is 0.0970. The average molecular weight is 445 g/mol. The van der Waals surface area contributed by atoms with Gasteiger partial charge in [-0.25, -0.2) is 0 Å². The van der Waals surface area contributed by atoms with Gasteiger partial charge in [-0.3, -0.25) is 0 Å². The van der Waals surface area contributed by atoms with Crippen molar-refractivity contribution in [3.05, 3.63) is 25.3 Å². The van der Waals surface area contributed by atoms with Crippen molar-refractivity contribution in [1.82, 2.24) is 0 Å². The Bertz CT molecular complexity index is 497. The zero-order valence-corrected chi connectivity index (χ0v) is 16.2. The normalized spacial score (nSPS) is 37.0. The maximum absolute atomic E-state index is 11.3. The zero-order valence-electron chi connectivity index (χ0n) is 14.0. The number of hydrogen-bond acceptors (Lipinski definition) is 4. The van der Waals surface area contributed by atoms with Crippen LogP contribution in [0.5, 0.6) is 0 Å². The van der Waals surface area contributed by atoms with Crippen LogP contribution in [0.3, 0.4) is 0 Å². The molecule has 0 aromatic carbocycles. The van der Waals surface area contributed by atoms with Gasteiger partial charge in [-0.05, 0) is 0 Å². The second-order valence-electron chi connectivity index (χ2n) is 7.13. The van der Waals surface area contributed by atoms with Crippen molar-refractivity contribution in [1.29, 1.82) is 0 Å². The van der Waals surface area contributed by atoms with E-state index in [4.69, 9.17) is 9.47 Å². The first-order chi connectivity index (χ1) is 11.6. The monoisotopic (exact) mass is 445 g/mol. The molecule has 0 amide bonds. The van der Waals surface area contributed by atoms with Crippen molar-refractivity contribution >= 4 is 11.9 Å². The van der Waals surface area contributed by atoms with E-state index >= 15 is 0 Å². The fourth-order valence-corrected chi connectivity index (χ4v) is 9.74. The van der Waals surface area contributed by atoms with Crippen molar-refractivity contribution in [2.45, 2.75) is 40.0 Å². The Morgan fingerprint density at radius 1 is 1.00 bits per heavy atom. The van der Waals surface area contributed by atoms with Crippen molar-refractivity contribution < 1.29 is 40.3 Å². The van der Waals surface area contributed by atoms with E-state index in [9.17, 15) is 9.59 Å². The molecule has 2 aliphatic carbocycles. The SMILES string of the molecule is C=CC(=O)OCCC1CC2C3CC(COC(=O)C=C)[I-]C(C3)C2C1. The standard InChI is InChI=1S/C19H26IO4/c1-3-18(21)23-6-5-12-7-15-13-9-14(11-24-19(22)4-2)20-17(10-13)16(15)8-12/h3-4,12-17H,1-2,5-11H2/q-1. The molecule has 1 heterocycles. The molecule has 0 N–H and O–H groups in total. The first-order valence-electron chi connectivity index (χ1n) is 8.81. The van der Waals surface area contributed by atoms with Gasteiger partial charge in [-0.2, -0.15) is 0 Å². The second kappa shape index (κ2) is 8.02. The van der Waals surface area contributed by atoms with Crippen molar-refractivity contribution in [2.24, 2.45) is 23.7 Å². The van der Waals surface area contributed by atoms with Gasteiger partial charge in [0.1, 0.15) is 0 Å². The molecule has 6 atom stereocenters. The Morgan fingerprint density at radius 2 is 1.71 bits per heavy atom. The summed E-state index contributed by atoms with van der Waals surface area (Å²) in [6.07, 6.45) is 8.73. The van der Waals surface area contributed by atoms with E-state index in [1.165, 1.54) is 37.8 Å². The van der Waals surface area contributed by atoms with E-state index in [0.717, 1.165) is 28.1 Å². The maximum atomic E-state index is 11.3. The summed E-state index contributed by atoms with van der Waals surface area (Å²) in [5.41, 5.74) is 0. The molecule has 134 valence electrons.